The molecule has 0 aromatic heterocycles. The van der Waals surface area contributed by atoms with Crippen molar-refractivity contribution < 1.29 is 9.47 Å². The Bertz CT molecular complexity index is 844. The highest BCUT2D eigenvalue weighted by atomic mass is 16.5. The molecule has 2 atom stereocenters. The minimum atomic E-state index is 0.137. The minimum absolute atomic E-state index is 0.137. The van der Waals surface area contributed by atoms with Crippen LogP contribution in [0.2, 0.25) is 0 Å². The lowest BCUT2D eigenvalue weighted by atomic mass is 9.62. The largest absolute Gasteiger partial charge is 0.496 e. The maximum atomic E-state index is 6.31. The van der Waals surface area contributed by atoms with Crippen molar-refractivity contribution in [3.63, 3.8) is 0 Å². The van der Waals surface area contributed by atoms with Crippen LogP contribution < -0.4 is 9.47 Å². The van der Waals surface area contributed by atoms with Crippen LogP contribution in [0.1, 0.15) is 115 Å². The molecule has 0 spiro atoms. The van der Waals surface area contributed by atoms with Crippen molar-refractivity contribution in [2.75, 3.05) is 14.2 Å². The first-order valence-electron chi connectivity index (χ1n) is 13.4. The van der Waals surface area contributed by atoms with Gasteiger partial charge in [-0.2, -0.15) is 0 Å². The zero-order valence-corrected chi connectivity index (χ0v) is 22.2. The van der Waals surface area contributed by atoms with Gasteiger partial charge in [0.2, 0.25) is 0 Å². The van der Waals surface area contributed by atoms with Crippen LogP contribution in [0.3, 0.4) is 0 Å². The average molecular weight is 451 g/mol. The molecule has 2 nitrogen and oxygen atoms in total. The molecule has 1 aromatic carbocycles. The Morgan fingerprint density at radius 1 is 0.818 bits per heavy atom. The Labute approximate surface area is 202 Å². The SMILES string of the molecule is COc1c(C2CCCC2)cc(C2CCCC2)c(OC)c1C1=CC=C[C@H](C(C)C)[C@H]1C(C)(C)C. The van der Waals surface area contributed by atoms with E-state index in [1.165, 1.54) is 73.6 Å². The predicted molar refractivity (Wildman–Crippen MR) is 140 cm³/mol. The van der Waals surface area contributed by atoms with E-state index < -0.39 is 0 Å². The summed E-state index contributed by atoms with van der Waals surface area (Å²) in [4.78, 5) is 0. The van der Waals surface area contributed by atoms with Crippen molar-refractivity contribution in [2.45, 2.75) is 97.8 Å². The van der Waals surface area contributed by atoms with E-state index in [0.717, 1.165) is 11.5 Å². The molecule has 0 N–H and O–H groups in total. The van der Waals surface area contributed by atoms with Gasteiger partial charge >= 0.3 is 0 Å². The molecule has 0 aliphatic heterocycles. The van der Waals surface area contributed by atoms with E-state index in [1.54, 1.807) is 0 Å². The van der Waals surface area contributed by atoms with Gasteiger partial charge in [-0.1, -0.05) is 78.5 Å². The van der Waals surface area contributed by atoms with Crippen LogP contribution in [0.15, 0.2) is 24.3 Å². The molecule has 4 rings (SSSR count). The van der Waals surface area contributed by atoms with E-state index in [1.807, 2.05) is 14.2 Å². The molecule has 0 unspecified atom stereocenters. The highest BCUT2D eigenvalue weighted by Gasteiger charge is 2.41. The molecule has 3 aliphatic carbocycles. The van der Waals surface area contributed by atoms with Crippen molar-refractivity contribution in [2.24, 2.45) is 23.2 Å². The van der Waals surface area contributed by atoms with Crippen molar-refractivity contribution in [3.05, 3.63) is 41.0 Å². The second-order valence-corrected chi connectivity index (χ2v) is 12.1. The summed E-state index contributed by atoms with van der Waals surface area (Å²) in [5.74, 6) is 4.89. The van der Waals surface area contributed by atoms with E-state index in [9.17, 15) is 0 Å². The van der Waals surface area contributed by atoms with Gasteiger partial charge in [0.25, 0.3) is 0 Å². The standard InChI is InChI=1S/C31H46O2/c1-20(2)23-17-12-18-24(28(23)31(3,4)5)27-29(32-6)25(21-13-8-9-14-21)19-26(30(27)33-7)22-15-10-11-16-22/h12,17-23,28H,8-11,13-16H2,1-7H3/t23-,28-/m1/s1. The Balaban J connectivity index is 1.99. The number of allylic oxidation sites excluding steroid dienone is 4. The summed E-state index contributed by atoms with van der Waals surface area (Å²) >= 11 is 0. The molecular weight excluding hydrogens is 404 g/mol. The van der Waals surface area contributed by atoms with Crippen LogP contribution in [0.4, 0.5) is 0 Å². The Kier molecular flexibility index (Phi) is 7.32. The lowest BCUT2D eigenvalue weighted by Gasteiger charge is -2.42. The van der Waals surface area contributed by atoms with Crippen LogP contribution in [0.5, 0.6) is 11.5 Å². The summed E-state index contributed by atoms with van der Waals surface area (Å²) < 4.78 is 12.6. The van der Waals surface area contributed by atoms with Gasteiger partial charge in [-0.15, -0.1) is 0 Å². The fourth-order valence-corrected chi connectivity index (χ4v) is 7.07. The first kappa shape index (κ1) is 24.4. The van der Waals surface area contributed by atoms with Gasteiger partial charge < -0.3 is 9.47 Å². The summed E-state index contributed by atoms with van der Waals surface area (Å²) in [5, 5.41) is 0. The first-order chi connectivity index (χ1) is 15.8. The van der Waals surface area contributed by atoms with Crippen molar-refractivity contribution in [3.8, 4) is 11.5 Å². The Morgan fingerprint density at radius 3 is 1.70 bits per heavy atom. The first-order valence-corrected chi connectivity index (χ1v) is 13.4. The minimum Gasteiger partial charge on any atom is -0.496 e. The smallest absolute Gasteiger partial charge is 0.133 e. The molecule has 1 aromatic rings. The van der Waals surface area contributed by atoms with E-state index in [0.29, 0.717) is 29.6 Å². The third-order valence-corrected chi connectivity index (χ3v) is 8.61. The molecule has 0 bridgehead atoms. The Morgan fingerprint density at radius 2 is 1.30 bits per heavy atom. The Hall–Kier alpha value is -1.70. The fraction of sp³-hybridized carbons (Fsp3) is 0.677. The summed E-state index contributed by atoms with van der Waals surface area (Å²) in [6, 6.07) is 2.50. The van der Waals surface area contributed by atoms with Gasteiger partial charge in [-0.25, -0.2) is 0 Å². The molecule has 182 valence electrons. The highest BCUT2D eigenvalue weighted by molar-refractivity contribution is 5.82. The highest BCUT2D eigenvalue weighted by Crippen LogP contribution is 2.56. The van der Waals surface area contributed by atoms with Crippen LogP contribution in [0.25, 0.3) is 5.57 Å². The topological polar surface area (TPSA) is 18.5 Å². The third kappa shape index (κ3) is 4.64. The van der Waals surface area contributed by atoms with Crippen LogP contribution >= 0.6 is 0 Å². The lowest BCUT2D eigenvalue weighted by molar-refractivity contribution is 0.207. The lowest BCUT2D eigenvalue weighted by Crippen LogP contribution is -2.33. The number of hydrogen-bond acceptors (Lipinski definition) is 2. The second kappa shape index (κ2) is 9.88. The van der Waals surface area contributed by atoms with E-state index in [2.05, 4.69) is 58.9 Å². The fourth-order valence-electron chi connectivity index (χ4n) is 7.07. The van der Waals surface area contributed by atoms with Gasteiger partial charge in [0.15, 0.2) is 0 Å². The number of benzene rings is 1. The number of methoxy groups -OCH3 is 2. The van der Waals surface area contributed by atoms with Crippen molar-refractivity contribution in [1.82, 2.24) is 0 Å². The van der Waals surface area contributed by atoms with Crippen LogP contribution in [-0.2, 0) is 0 Å². The molecule has 33 heavy (non-hydrogen) atoms. The second-order valence-electron chi connectivity index (χ2n) is 12.1. The zero-order valence-electron chi connectivity index (χ0n) is 22.2. The van der Waals surface area contributed by atoms with E-state index in [4.69, 9.17) is 9.47 Å². The van der Waals surface area contributed by atoms with Crippen molar-refractivity contribution in [1.29, 1.82) is 0 Å². The summed E-state index contributed by atoms with van der Waals surface area (Å²) in [5.41, 5.74) is 5.69. The average Bonchev–Trinajstić information content (AvgIpc) is 3.50. The molecule has 2 fully saturated rings. The molecule has 0 saturated heterocycles. The van der Waals surface area contributed by atoms with Gasteiger partial charge in [0.05, 0.1) is 19.8 Å². The normalized spacial score (nSPS) is 24.5. The van der Waals surface area contributed by atoms with Gasteiger partial charge in [0, 0.05) is 0 Å². The molecular formula is C31H46O2. The van der Waals surface area contributed by atoms with Crippen molar-refractivity contribution >= 4 is 5.57 Å². The maximum Gasteiger partial charge on any atom is 0.133 e. The summed E-state index contributed by atoms with van der Waals surface area (Å²) in [7, 11) is 3.74. The molecule has 0 heterocycles. The monoisotopic (exact) mass is 450 g/mol. The van der Waals surface area contributed by atoms with Crippen LogP contribution in [0, 0.1) is 23.2 Å². The number of ether oxygens (including phenoxy) is 2. The third-order valence-electron chi connectivity index (χ3n) is 8.61. The number of rotatable bonds is 6. The van der Waals surface area contributed by atoms with Crippen LogP contribution in [-0.4, -0.2) is 14.2 Å². The molecule has 3 aliphatic rings. The molecule has 0 amide bonds. The molecule has 0 radical (unpaired) electrons. The van der Waals surface area contributed by atoms with E-state index >= 15 is 0 Å². The van der Waals surface area contributed by atoms with Gasteiger partial charge in [0.1, 0.15) is 11.5 Å². The predicted octanol–water partition coefficient (Wildman–Crippen LogP) is 8.91. The summed E-state index contributed by atoms with van der Waals surface area (Å²) in [6.07, 6.45) is 17.5. The zero-order chi connectivity index (χ0) is 23.8. The van der Waals surface area contributed by atoms with Gasteiger partial charge in [-0.05, 0) is 83.5 Å². The molecule has 2 saturated carbocycles. The number of hydrogen-bond donors (Lipinski definition) is 0. The molecule has 2 heteroatoms. The van der Waals surface area contributed by atoms with Gasteiger partial charge in [-0.3, -0.25) is 0 Å². The maximum absolute atomic E-state index is 6.31. The summed E-state index contributed by atoms with van der Waals surface area (Å²) in [6.45, 7) is 11.9. The quantitative estimate of drug-likeness (QED) is 0.431. The van der Waals surface area contributed by atoms with E-state index in [-0.39, 0.29) is 5.41 Å².